The highest BCUT2D eigenvalue weighted by atomic mass is 35.5. The summed E-state index contributed by atoms with van der Waals surface area (Å²) in [7, 11) is 3.24. The first kappa shape index (κ1) is 18.7. The zero-order chi connectivity index (χ0) is 18.5. The summed E-state index contributed by atoms with van der Waals surface area (Å²) in [5, 5.41) is 0.551. The summed E-state index contributed by atoms with van der Waals surface area (Å²) >= 11 is 6.01. The van der Waals surface area contributed by atoms with Gasteiger partial charge in [-0.1, -0.05) is 11.6 Å². The van der Waals surface area contributed by atoms with Crippen molar-refractivity contribution < 1.29 is 14.3 Å². The Morgan fingerprint density at radius 1 is 1.38 bits per heavy atom. The van der Waals surface area contributed by atoms with Crippen LogP contribution >= 0.6 is 11.6 Å². The zero-order valence-electron chi connectivity index (χ0n) is 15.2. The minimum Gasteiger partial charge on any atom is -0.496 e. The molecule has 0 N–H and O–H groups in total. The van der Waals surface area contributed by atoms with Crippen LogP contribution < -0.4 is 4.74 Å². The molecule has 1 fully saturated rings. The molecule has 2 aromatic rings. The van der Waals surface area contributed by atoms with Gasteiger partial charge in [0.05, 0.1) is 19.3 Å². The molecule has 0 aliphatic carbocycles. The quantitative estimate of drug-likeness (QED) is 0.775. The van der Waals surface area contributed by atoms with Crippen molar-refractivity contribution in [2.45, 2.75) is 25.3 Å². The lowest BCUT2D eigenvalue weighted by atomic mass is 9.96. The molecule has 0 saturated carbocycles. The molecular weight excluding hydrogens is 354 g/mol. The topological polar surface area (TPSA) is 56.6 Å². The van der Waals surface area contributed by atoms with E-state index in [4.69, 9.17) is 21.1 Å². The van der Waals surface area contributed by atoms with E-state index in [9.17, 15) is 4.79 Å². The molecule has 0 radical (unpaired) electrons. The summed E-state index contributed by atoms with van der Waals surface area (Å²) in [5.41, 5.74) is 0.542. The predicted octanol–water partition coefficient (Wildman–Crippen LogP) is 3.21. The van der Waals surface area contributed by atoms with Gasteiger partial charge in [0.25, 0.3) is 5.91 Å². The summed E-state index contributed by atoms with van der Waals surface area (Å²) in [4.78, 5) is 19.4. The van der Waals surface area contributed by atoms with Crippen molar-refractivity contribution >= 4 is 17.5 Å². The van der Waals surface area contributed by atoms with E-state index in [1.807, 2.05) is 17.3 Å². The second kappa shape index (κ2) is 8.56. The van der Waals surface area contributed by atoms with E-state index in [2.05, 4.69) is 9.55 Å². The number of hydrogen-bond donors (Lipinski definition) is 0. The van der Waals surface area contributed by atoms with Crippen LogP contribution in [0.4, 0.5) is 0 Å². The van der Waals surface area contributed by atoms with Gasteiger partial charge in [-0.2, -0.15) is 0 Å². The Morgan fingerprint density at radius 3 is 3.00 bits per heavy atom. The normalized spacial score (nSPS) is 17.3. The van der Waals surface area contributed by atoms with Crippen molar-refractivity contribution in [1.29, 1.82) is 0 Å². The first-order chi connectivity index (χ1) is 12.6. The average Bonchev–Trinajstić information content (AvgIpc) is 3.14. The third-order valence-corrected chi connectivity index (χ3v) is 4.99. The van der Waals surface area contributed by atoms with Crippen LogP contribution in [0.1, 0.15) is 34.9 Å². The predicted molar refractivity (Wildman–Crippen MR) is 100.0 cm³/mol. The Labute approximate surface area is 158 Å². The number of nitrogens with zero attached hydrogens (tertiary/aromatic N) is 3. The highest BCUT2D eigenvalue weighted by molar-refractivity contribution is 6.30. The van der Waals surface area contributed by atoms with Gasteiger partial charge in [-0.05, 0) is 31.0 Å². The number of piperidine rings is 1. The number of aromatic nitrogens is 2. The maximum atomic E-state index is 13.0. The minimum atomic E-state index is -0.0294. The first-order valence-electron chi connectivity index (χ1n) is 8.76. The molecule has 6 nitrogen and oxygen atoms in total. The maximum absolute atomic E-state index is 13.0. The molecular formula is C19H24ClN3O3. The molecule has 1 amide bonds. The fourth-order valence-corrected chi connectivity index (χ4v) is 3.61. The molecule has 26 heavy (non-hydrogen) atoms. The number of imidazole rings is 1. The van der Waals surface area contributed by atoms with Crippen molar-refractivity contribution in [3.63, 3.8) is 0 Å². The van der Waals surface area contributed by atoms with Crippen LogP contribution in [0.15, 0.2) is 30.6 Å². The number of carbonyl (C=O) groups is 1. The average molecular weight is 378 g/mol. The fraction of sp³-hybridized carbons (Fsp3) is 0.474. The highest BCUT2D eigenvalue weighted by Crippen LogP contribution is 2.29. The van der Waals surface area contributed by atoms with Crippen LogP contribution in [0.2, 0.25) is 5.02 Å². The SMILES string of the molecule is COCCn1ccnc1C1CCCN(C(=O)c2ccc(Cl)cc2OC)C1. The van der Waals surface area contributed by atoms with Gasteiger partial charge in [0.1, 0.15) is 11.6 Å². The van der Waals surface area contributed by atoms with Crippen molar-refractivity contribution in [2.75, 3.05) is 33.9 Å². The minimum absolute atomic E-state index is 0.0294. The Morgan fingerprint density at radius 2 is 2.23 bits per heavy atom. The van der Waals surface area contributed by atoms with E-state index < -0.39 is 0 Å². The highest BCUT2D eigenvalue weighted by Gasteiger charge is 2.29. The number of amides is 1. The van der Waals surface area contributed by atoms with E-state index >= 15 is 0 Å². The third kappa shape index (κ3) is 4.02. The van der Waals surface area contributed by atoms with Gasteiger partial charge < -0.3 is 18.9 Å². The van der Waals surface area contributed by atoms with Crippen LogP contribution in [0, 0.1) is 0 Å². The number of hydrogen-bond acceptors (Lipinski definition) is 4. The Bertz CT molecular complexity index is 762. The number of methoxy groups -OCH3 is 2. The molecule has 1 aromatic carbocycles. The molecule has 7 heteroatoms. The van der Waals surface area contributed by atoms with Gasteiger partial charge in [-0.3, -0.25) is 4.79 Å². The monoisotopic (exact) mass is 377 g/mol. The summed E-state index contributed by atoms with van der Waals surface area (Å²) in [6, 6.07) is 5.12. The van der Waals surface area contributed by atoms with Crippen LogP contribution in [-0.2, 0) is 11.3 Å². The Hall–Kier alpha value is -2.05. The molecule has 1 unspecified atom stereocenters. The van der Waals surface area contributed by atoms with Crippen LogP contribution in [0.3, 0.4) is 0 Å². The van der Waals surface area contributed by atoms with Gasteiger partial charge in [-0.25, -0.2) is 4.98 Å². The lowest BCUT2D eigenvalue weighted by Crippen LogP contribution is -2.40. The second-order valence-electron chi connectivity index (χ2n) is 6.41. The van der Waals surface area contributed by atoms with Crippen molar-refractivity contribution in [2.24, 2.45) is 0 Å². The van der Waals surface area contributed by atoms with E-state index in [0.29, 0.717) is 29.5 Å². The van der Waals surface area contributed by atoms with Crippen molar-refractivity contribution in [3.8, 4) is 5.75 Å². The van der Waals surface area contributed by atoms with Gasteiger partial charge in [0, 0.05) is 50.1 Å². The maximum Gasteiger partial charge on any atom is 0.257 e. The van der Waals surface area contributed by atoms with Gasteiger partial charge in [0.15, 0.2) is 0 Å². The van der Waals surface area contributed by atoms with Gasteiger partial charge in [0.2, 0.25) is 0 Å². The molecule has 0 bridgehead atoms. The Balaban J connectivity index is 1.76. The molecule has 140 valence electrons. The molecule has 1 aliphatic heterocycles. The van der Waals surface area contributed by atoms with E-state index in [1.165, 1.54) is 0 Å². The largest absolute Gasteiger partial charge is 0.496 e. The lowest BCUT2D eigenvalue weighted by Gasteiger charge is -2.33. The van der Waals surface area contributed by atoms with E-state index in [-0.39, 0.29) is 11.8 Å². The molecule has 1 saturated heterocycles. The zero-order valence-corrected chi connectivity index (χ0v) is 15.9. The first-order valence-corrected chi connectivity index (χ1v) is 9.14. The number of benzene rings is 1. The molecule has 1 aliphatic rings. The number of ether oxygens (including phenoxy) is 2. The van der Waals surface area contributed by atoms with Crippen LogP contribution in [0.25, 0.3) is 0 Å². The summed E-state index contributed by atoms with van der Waals surface area (Å²) in [6.45, 7) is 2.79. The van der Waals surface area contributed by atoms with Gasteiger partial charge >= 0.3 is 0 Å². The molecule has 2 heterocycles. The number of halogens is 1. The van der Waals surface area contributed by atoms with E-state index in [0.717, 1.165) is 31.8 Å². The molecule has 0 spiro atoms. The summed E-state index contributed by atoms with van der Waals surface area (Å²) in [5.74, 6) is 1.71. The smallest absolute Gasteiger partial charge is 0.257 e. The molecule has 1 atom stereocenters. The second-order valence-corrected chi connectivity index (χ2v) is 6.84. The molecule has 1 aromatic heterocycles. The third-order valence-electron chi connectivity index (χ3n) is 4.75. The number of rotatable bonds is 6. The van der Waals surface area contributed by atoms with Crippen molar-refractivity contribution in [1.82, 2.24) is 14.5 Å². The fourth-order valence-electron chi connectivity index (χ4n) is 3.44. The van der Waals surface area contributed by atoms with E-state index in [1.54, 1.807) is 32.4 Å². The number of carbonyl (C=O) groups excluding carboxylic acids is 1. The van der Waals surface area contributed by atoms with Crippen molar-refractivity contribution in [3.05, 3.63) is 47.0 Å². The van der Waals surface area contributed by atoms with Crippen LogP contribution in [-0.4, -0.2) is 54.3 Å². The summed E-state index contributed by atoms with van der Waals surface area (Å²) < 4.78 is 12.6. The standard InChI is InChI=1S/C19H24ClN3O3/c1-25-11-10-22-9-7-21-18(22)14-4-3-8-23(13-14)19(24)16-6-5-15(20)12-17(16)26-2/h5-7,9,12,14H,3-4,8,10-11,13H2,1-2H3. The summed E-state index contributed by atoms with van der Waals surface area (Å²) in [6.07, 6.45) is 5.75. The Kier molecular flexibility index (Phi) is 6.16. The van der Waals surface area contributed by atoms with Crippen LogP contribution in [0.5, 0.6) is 5.75 Å². The number of likely N-dealkylation sites (tertiary alicyclic amines) is 1. The van der Waals surface area contributed by atoms with Gasteiger partial charge in [-0.15, -0.1) is 0 Å². The molecule has 3 rings (SSSR count). The lowest BCUT2D eigenvalue weighted by molar-refractivity contribution is 0.0699.